The van der Waals surface area contributed by atoms with Crippen molar-refractivity contribution in [2.24, 2.45) is 0 Å². The summed E-state index contributed by atoms with van der Waals surface area (Å²) in [5.41, 5.74) is 1.20. The lowest BCUT2D eigenvalue weighted by Crippen LogP contribution is -2.35. The first-order chi connectivity index (χ1) is 9.96. The van der Waals surface area contributed by atoms with E-state index >= 15 is 0 Å². The molecule has 1 saturated heterocycles. The number of nitrogens with zero attached hydrogens (tertiary/aromatic N) is 1. The Morgan fingerprint density at radius 1 is 1.24 bits per heavy atom. The predicted octanol–water partition coefficient (Wildman–Crippen LogP) is 1.92. The van der Waals surface area contributed by atoms with Gasteiger partial charge in [-0.15, -0.1) is 0 Å². The van der Waals surface area contributed by atoms with Gasteiger partial charge in [-0.05, 0) is 44.4 Å². The molecule has 0 atom stereocenters. The largest absolute Gasteiger partial charge is 0.352 e. The van der Waals surface area contributed by atoms with E-state index in [1.807, 2.05) is 13.8 Å². The fourth-order valence-electron chi connectivity index (χ4n) is 2.52. The van der Waals surface area contributed by atoms with Crippen LogP contribution in [-0.2, 0) is 10.0 Å². The van der Waals surface area contributed by atoms with Crippen LogP contribution in [0.15, 0.2) is 23.1 Å². The van der Waals surface area contributed by atoms with Crippen molar-refractivity contribution in [2.45, 2.75) is 38.0 Å². The summed E-state index contributed by atoms with van der Waals surface area (Å²) in [5, 5.41) is 2.71. The first-order valence-electron chi connectivity index (χ1n) is 7.36. The molecule has 1 aliphatic heterocycles. The number of rotatable bonds is 4. The summed E-state index contributed by atoms with van der Waals surface area (Å²) >= 11 is 0. The molecule has 1 amide bonds. The van der Waals surface area contributed by atoms with Gasteiger partial charge in [-0.25, -0.2) is 8.42 Å². The maximum Gasteiger partial charge on any atom is 0.251 e. The number of hydrogen-bond acceptors (Lipinski definition) is 3. The third kappa shape index (κ3) is 3.44. The Morgan fingerprint density at radius 3 is 2.52 bits per heavy atom. The maximum absolute atomic E-state index is 12.6. The molecule has 0 radical (unpaired) electrons. The summed E-state index contributed by atoms with van der Waals surface area (Å²) in [6.07, 6.45) is 2.87. The molecule has 6 heteroatoms. The summed E-state index contributed by atoms with van der Waals surface area (Å²) in [5.74, 6) is -0.231. The monoisotopic (exact) mass is 310 g/mol. The molecule has 1 aromatic rings. The predicted molar refractivity (Wildman–Crippen MR) is 81.8 cm³/mol. The number of sulfonamides is 1. The normalized spacial score (nSPS) is 16.7. The van der Waals surface area contributed by atoms with Gasteiger partial charge in [0.05, 0.1) is 4.90 Å². The zero-order valence-corrected chi connectivity index (χ0v) is 13.4. The van der Waals surface area contributed by atoms with Crippen LogP contribution in [0.2, 0.25) is 0 Å². The first kappa shape index (κ1) is 16.0. The number of benzene rings is 1. The molecule has 1 heterocycles. The fourth-order valence-corrected chi connectivity index (χ4v) is 4.06. The summed E-state index contributed by atoms with van der Waals surface area (Å²) in [4.78, 5) is 12.2. The first-order valence-corrected chi connectivity index (χ1v) is 8.80. The Labute approximate surface area is 126 Å². The highest BCUT2D eigenvalue weighted by Gasteiger charge is 2.26. The van der Waals surface area contributed by atoms with Gasteiger partial charge in [0.15, 0.2) is 0 Å². The molecule has 1 aromatic carbocycles. The van der Waals surface area contributed by atoms with E-state index in [9.17, 15) is 13.2 Å². The number of piperidine rings is 1. The summed E-state index contributed by atoms with van der Waals surface area (Å²) < 4.78 is 26.8. The van der Waals surface area contributed by atoms with Gasteiger partial charge in [-0.1, -0.05) is 12.5 Å². The van der Waals surface area contributed by atoms with Crippen molar-refractivity contribution in [3.05, 3.63) is 29.3 Å². The van der Waals surface area contributed by atoms with Crippen LogP contribution in [0.3, 0.4) is 0 Å². The molecule has 0 unspecified atom stereocenters. The fraction of sp³-hybridized carbons (Fsp3) is 0.533. The van der Waals surface area contributed by atoms with Crippen molar-refractivity contribution in [1.29, 1.82) is 0 Å². The smallest absolute Gasteiger partial charge is 0.251 e. The van der Waals surface area contributed by atoms with Crippen molar-refractivity contribution in [3.8, 4) is 0 Å². The lowest BCUT2D eigenvalue weighted by molar-refractivity contribution is 0.0955. The van der Waals surface area contributed by atoms with Gasteiger partial charge in [-0.3, -0.25) is 4.79 Å². The molecule has 0 spiro atoms. The Hall–Kier alpha value is -1.40. The molecule has 0 aliphatic carbocycles. The molecule has 1 fully saturated rings. The number of nitrogens with one attached hydrogen (secondary N) is 1. The van der Waals surface area contributed by atoms with Crippen molar-refractivity contribution in [2.75, 3.05) is 19.6 Å². The van der Waals surface area contributed by atoms with E-state index < -0.39 is 10.0 Å². The minimum atomic E-state index is -3.50. The molecule has 0 aromatic heterocycles. The van der Waals surface area contributed by atoms with Gasteiger partial charge < -0.3 is 5.32 Å². The number of amides is 1. The van der Waals surface area contributed by atoms with Gasteiger partial charge >= 0.3 is 0 Å². The van der Waals surface area contributed by atoms with Crippen molar-refractivity contribution >= 4 is 15.9 Å². The van der Waals surface area contributed by atoms with Gasteiger partial charge in [0.25, 0.3) is 5.91 Å². The quantitative estimate of drug-likeness (QED) is 0.924. The molecule has 1 N–H and O–H groups in total. The second-order valence-corrected chi connectivity index (χ2v) is 7.24. The Kier molecular flexibility index (Phi) is 5.00. The molecule has 21 heavy (non-hydrogen) atoms. The van der Waals surface area contributed by atoms with E-state index in [1.165, 1.54) is 10.4 Å². The van der Waals surface area contributed by atoms with E-state index in [2.05, 4.69) is 5.32 Å². The number of hydrogen-bond donors (Lipinski definition) is 1. The molecule has 5 nitrogen and oxygen atoms in total. The third-order valence-corrected chi connectivity index (χ3v) is 5.64. The Bertz CT molecular complexity index is 620. The number of carbonyl (C=O) groups is 1. The third-order valence-electron chi connectivity index (χ3n) is 3.74. The molecular formula is C15H22N2O3S. The zero-order chi connectivity index (χ0) is 15.5. The summed E-state index contributed by atoms with van der Waals surface area (Å²) in [7, 11) is -3.50. The SMILES string of the molecule is CCNC(=O)c1cc(S(=O)(=O)N2CCCCC2)ccc1C. The van der Waals surface area contributed by atoms with E-state index in [0.29, 0.717) is 25.2 Å². The van der Waals surface area contributed by atoms with E-state index in [0.717, 1.165) is 24.8 Å². The van der Waals surface area contributed by atoms with Gasteiger partial charge in [0, 0.05) is 25.2 Å². The van der Waals surface area contributed by atoms with Crippen LogP contribution >= 0.6 is 0 Å². The average Bonchev–Trinajstić information content (AvgIpc) is 2.48. The number of aryl methyl sites for hydroxylation is 1. The van der Waals surface area contributed by atoms with Crippen molar-refractivity contribution in [1.82, 2.24) is 9.62 Å². The van der Waals surface area contributed by atoms with Gasteiger partial charge in [-0.2, -0.15) is 4.31 Å². The van der Waals surface area contributed by atoms with Crippen LogP contribution in [0.4, 0.5) is 0 Å². The minimum absolute atomic E-state index is 0.205. The average molecular weight is 310 g/mol. The van der Waals surface area contributed by atoms with E-state index in [-0.39, 0.29) is 10.8 Å². The van der Waals surface area contributed by atoms with Crippen LogP contribution in [0.25, 0.3) is 0 Å². The Morgan fingerprint density at radius 2 is 1.90 bits per heavy atom. The second-order valence-electron chi connectivity index (χ2n) is 5.30. The molecule has 0 bridgehead atoms. The molecule has 2 rings (SSSR count). The maximum atomic E-state index is 12.6. The van der Waals surface area contributed by atoms with Crippen molar-refractivity contribution < 1.29 is 13.2 Å². The molecule has 1 aliphatic rings. The van der Waals surface area contributed by atoms with Crippen LogP contribution in [0.5, 0.6) is 0 Å². The summed E-state index contributed by atoms with van der Waals surface area (Å²) in [6.45, 7) is 5.28. The molecular weight excluding hydrogens is 288 g/mol. The van der Waals surface area contributed by atoms with Crippen LogP contribution < -0.4 is 5.32 Å². The molecule has 116 valence electrons. The van der Waals surface area contributed by atoms with Gasteiger partial charge in [0.1, 0.15) is 0 Å². The van der Waals surface area contributed by atoms with Crippen LogP contribution in [0.1, 0.15) is 42.1 Å². The molecule has 0 saturated carbocycles. The second kappa shape index (κ2) is 6.58. The number of carbonyl (C=O) groups excluding carboxylic acids is 1. The lowest BCUT2D eigenvalue weighted by Gasteiger charge is -2.26. The van der Waals surface area contributed by atoms with Gasteiger partial charge in [0.2, 0.25) is 10.0 Å². The minimum Gasteiger partial charge on any atom is -0.352 e. The highest BCUT2D eigenvalue weighted by molar-refractivity contribution is 7.89. The highest BCUT2D eigenvalue weighted by atomic mass is 32.2. The Balaban J connectivity index is 2.35. The van der Waals surface area contributed by atoms with Crippen LogP contribution in [-0.4, -0.2) is 38.3 Å². The lowest BCUT2D eigenvalue weighted by atomic mass is 10.1. The van der Waals surface area contributed by atoms with Crippen LogP contribution in [0, 0.1) is 6.92 Å². The summed E-state index contributed by atoms with van der Waals surface area (Å²) in [6, 6.07) is 4.77. The van der Waals surface area contributed by atoms with Crippen molar-refractivity contribution in [3.63, 3.8) is 0 Å². The van der Waals surface area contributed by atoms with E-state index in [4.69, 9.17) is 0 Å². The highest BCUT2D eigenvalue weighted by Crippen LogP contribution is 2.22. The zero-order valence-electron chi connectivity index (χ0n) is 12.6. The standard InChI is InChI=1S/C15H22N2O3S/c1-3-16-15(18)14-11-13(8-7-12(14)2)21(19,20)17-9-5-4-6-10-17/h7-8,11H,3-6,9-10H2,1-2H3,(H,16,18). The topological polar surface area (TPSA) is 66.5 Å². The van der Waals surface area contributed by atoms with E-state index in [1.54, 1.807) is 12.1 Å².